The van der Waals surface area contributed by atoms with Crippen molar-refractivity contribution < 1.29 is 17.9 Å². The maximum absolute atomic E-state index is 13.6. The zero-order valence-corrected chi connectivity index (χ0v) is 10.7. The summed E-state index contributed by atoms with van der Waals surface area (Å²) in [6.45, 7) is 0. The van der Waals surface area contributed by atoms with Crippen LogP contribution < -0.4 is 10.5 Å². The molecule has 2 N–H and O–H groups in total. The molecule has 1 aromatic heterocycles. The van der Waals surface area contributed by atoms with Gasteiger partial charge in [-0.15, -0.1) is 0 Å². The molecule has 2 aromatic rings. The minimum atomic E-state index is -1.51. The van der Waals surface area contributed by atoms with Crippen LogP contribution in [0.3, 0.4) is 0 Å². The van der Waals surface area contributed by atoms with E-state index in [0.29, 0.717) is 5.88 Å². The Labute approximate surface area is 114 Å². The largest absolute Gasteiger partial charge is 0.481 e. The van der Waals surface area contributed by atoms with Gasteiger partial charge in [0.1, 0.15) is 0 Å². The highest BCUT2D eigenvalue weighted by Gasteiger charge is 2.18. The van der Waals surface area contributed by atoms with E-state index in [9.17, 15) is 13.2 Å². The number of hydrogen-bond donors (Lipinski definition) is 1. The van der Waals surface area contributed by atoms with Gasteiger partial charge >= 0.3 is 0 Å². The van der Waals surface area contributed by atoms with Gasteiger partial charge < -0.3 is 10.5 Å². The Bertz CT molecular complexity index is 602. The van der Waals surface area contributed by atoms with Crippen molar-refractivity contribution in [3.63, 3.8) is 0 Å². The Kier molecular flexibility index (Phi) is 4.24. The topological polar surface area (TPSA) is 48.1 Å². The summed E-state index contributed by atoms with van der Waals surface area (Å²) in [5.74, 6) is -3.55. The lowest BCUT2D eigenvalue weighted by Gasteiger charge is -2.13. The Morgan fingerprint density at radius 2 is 1.90 bits per heavy atom. The molecule has 1 unspecified atom stereocenters. The molecular formula is C14H13F3N2O. The second-order valence-electron chi connectivity index (χ2n) is 4.28. The van der Waals surface area contributed by atoms with E-state index in [-0.39, 0.29) is 12.0 Å². The fourth-order valence-electron chi connectivity index (χ4n) is 1.84. The molecule has 0 aliphatic rings. The number of ether oxygens (including phenoxy) is 1. The summed E-state index contributed by atoms with van der Waals surface area (Å²) in [4.78, 5) is 3.99. The summed E-state index contributed by atoms with van der Waals surface area (Å²) >= 11 is 0. The quantitative estimate of drug-likeness (QED) is 0.877. The molecule has 20 heavy (non-hydrogen) atoms. The summed E-state index contributed by atoms with van der Waals surface area (Å²) in [7, 11) is 1.49. The van der Waals surface area contributed by atoms with E-state index < -0.39 is 23.5 Å². The number of methoxy groups -OCH3 is 1. The highest BCUT2D eigenvalue weighted by molar-refractivity contribution is 5.26. The normalized spacial score (nSPS) is 12.2. The summed E-state index contributed by atoms with van der Waals surface area (Å²) in [5.41, 5.74) is 6.50. The van der Waals surface area contributed by atoms with Crippen LogP contribution in [0.5, 0.6) is 5.88 Å². The van der Waals surface area contributed by atoms with Crippen molar-refractivity contribution in [1.29, 1.82) is 0 Å². The van der Waals surface area contributed by atoms with Crippen LogP contribution in [0.1, 0.15) is 17.2 Å². The van der Waals surface area contributed by atoms with Crippen LogP contribution >= 0.6 is 0 Å². The van der Waals surface area contributed by atoms with Crippen molar-refractivity contribution in [2.24, 2.45) is 5.73 Å². The van der Waals surface area contributed by atoms with Gasteiger partial charge in [0.25, 0.3) is 0 Å². The summed E-state index contributed by atoms with van der Waals surface area (Å²) < 4.78 is 44.5. The average molecular weight is 282 g/mol. The third kappa shape index (κ3) is 2.91. The number of pyridine rings is 1. The molecule has 2 rings (SSSR count). The molecule has 1 atom stereocenters. The van der Waals surface area contributed by atoms with Gasteiger partial charge in [-0.3, -0.25) is 0 Å². The molecule has 1 heterocycles. The van der Waals surface area contributed by atoms with Crippen LogP contribution in [0.25, 0.3) is 0 Å². The molecule has 3 nitrogen and oxygen atoms in total. The van der Waals surface area contributed by atoms with E-state index in [1.54, 1.807) is 12.1 Å². The van der Waals surface area contributed by atoms with Gasteiger partial charge in [0, 0.05) is 23.9 Å². The van der Waals surface area contributed by atoms with Gasteiger partial charge in [-0.1, -0.05) is 12.1 Å². The maximum Gasteiger partial charge on any atom is 0.212 e. The standard InChI is InChI=1S/C14H13F3N2O/c1-20-12-5-2-8(7-19-12)6-11(18)9-3-4-10(15)14(17)13(9)16/h2-5,7,11H,6,18H2,1H3. The Balaban J connectivity index is 2.19. The van der Waals surface area contributed by atoms with E-state index in [0.717, 1.165) is 17.7 Å². The van der Waals surface area contributed by atoms with Gasteiger partial charge in [0.05, 0.1) is 7.11 Å². The smallest absolute Gasteiger partial charge is 0.212 e. The lowest BCUT2D eigenvalue weighted by Crippen LogP contribution is -2.16. The van der Waals surface area contributed by atoms with Crippen molar-refractivity contribution in [3.8, 4) is 5.88 Å². The first kappa shape index (κ1) is 14.3. The molecule has 6 heteroatoms. The average Bonchev–Trinajstić information content (AvgIpc) is 2.45. The molecule has 0 fully saturated rings. The van der Waals surface area contributed by atoms with Gasteiger partial charge in [0.15, 0.2) is 17.5 Å². The van der Waals surface area contributed by atoms with E-state index in [1.807, 2.05) is 0 Å². The highest BCUT2D eigenvalue weighted by atomic mass is 19.2. The fraction of sp³-hybridized carbons (Fsp3) is 0.214. The summed E-state index contributed by atoms with van der Waals surface area (Å²) in [5, 5.41) is 0. The Morgan fingerprint density at radius 1 is 1.15 bits per heavy atom. The predicted molar refractivity (Wildman–Crippen MR) is 67.7 cm³/mol. The Hall–Kier alpha value is -2.08. The van der Waals surface area contributed by atoms with Gasteiger partial charge in [-0.05, 0) is 18.1 Å². The number of rotatable bonds is 4. The molecular weight excluding hydrogens is 269 g/mol. The third-order valence-electron chi connectivity index (χ3n) is 2.93. The van der Waals surface area contributed by atoms with Crippen LogP contribution in [0, 0.1) is 17.5 Å². The van der Waals surface area contributed by atoms with E-state index in [2.05, 4.69) is 4.98 Å². The van der Waals surface area contributed by atoms with Crippen molar-refractivity contribution in [2.45, 2.75) is 12.5 Å². The molecule has 106 valence electrons. The lowest BCUT2D eigenvalue weighted by atomic mass is 10.00. The molecule has 0 aliphatic carbocycles. The minimum absolute atomic E-state index is 0.0697. The first-order chi connectivity index (χ1) is 9.52. The molecule has 0 amide bonds. The number of aromatic nitrogens is 1. The van der Waals surface area contributed by atoms with Gasteiger partial charge in [-0.25, -0.2) is 18.2 Å². The number of nitrogens with zero attached hydrogens (tertiary/aromatic N) is 1. The molecule has 0 bridgehead atoms. The fourth-order valence-corrected chi connectivity index (χ4v) is 1.84. The second-order valence-corrected chi connectivity index (χ2v) is 4.28. The van der Waals surface area contributed by atoms with E-state index >= 15 is 0 Å². The van der Waals surface area contributed by atoms with Crippen molar-refractivity contribution in [3.05, 3.63) is 59.0 Å². The summed E-state index contributed by atoms with van der Waals surface area (Å²) in [6.07, 6.45) is 1.79. The monoisotopic (exact) mass is 282 g/mol. The van der Waals surface area contributed by atoms with Gasteiger partial charge in [0.2, 0.25) is 5.88 Å². The molecule has 0 radical (unpaired) electrons. The SMILES string of the molecule is COc1ccc(CC(N)c2ccc(F)c(F)c2F)cn1. The maximum atomic E-state index is 13.6. The van der Waals surface area contributed by atoms with Crippen molar-refractivity contribution in [1.82, 2.24) is 4.98 Å². The molecule has 0 aliphatic heterocycles. The summed E-state index contributed by atoms with van der Waals surface area (Å²) in [6, 6.07) is 4.59. The number of halogens is 3. The van der Waals surface area contributed by atoms with Crippen LogP contribution in [0.4, 0.5) is 13.2 Å². The van der Waals surface area contributed by atoms with Crippen LogP contribution in [-0.2, 0) is 6.42 Å². The van der Waals surface area contributed by atoms with E-state index in [1.165, 1.54) is 13.3 Å². The Morgan fingerprint density at radius 3 is 2.50 bits per heavy atom. The second kappa shape index (κ2) is 5.92. The van der Waals surface area contributed by atoms with Crippen molar-refractivity contribution in [2.75, 3.05) is 7.11 Å². The number of benzene rings is 1. The van der Waals surface area contributed by atoms with E-state index in [4.69, 9.17) is 10.5 Å². The highest BCUT2D eigenvalue weighted by Crippen LogP contribution is 2.23. The first-order valence-corrected chi connectivity index (χ1v) is 5.90. The third-order valence-corrected chi connectivity index (χ3v) is 2.93. The van der Waals surface area contributed by atoms with Crippen LogP contribution in [0.2, 0.25) is 0 Å². The van der Waals surface area contributed by atoms with Crippen LogP contribution in [-0.4, -0.2) is 12.1 Å². The zero-order valence-electron chi connectivity index (χ0n) is 10.7. The lowest BCUT2D eigenvalue weighted by molar-refractivity contribution is 0.397. The van der Waals surface area contributed by atoms with Gasteiger partial charge in [-0.2, -0.15) is 0 Å². The minimum Gasteiger partial charge on any atom is -0.481 e. The zero-order chi connectivity index (χ0) is 14.7. The first-order valence-electron chi connectivity index (χ1n) is 5.90. The van der Waals surface area contributed by atoms with Crippen molar-refractivity contribution >= 4 is 0 Å². The molecule has 0 saturated heterocycles. The molecule has 0 spiro atoms. The number of nitrogens with two attached hydrogens (primary N) is 1. The number of hydrogen-bond acceptors (Lipinski definition) is 3. The molecule has 0 saturated carbocycles. The predicted octanol–water partition coefficient (Wildman–Crippen LogP) is 2.75. The van der Waals surface area contributed by atoms with Crippen LogP contribution in [0.15, 0.2) is 30.5 Å². The molecule has 1 aromatic carbocycles.